The van der Waals surface area contributed by atoms with Crippen molar-refractivity contribution >= 4 is 5.91 Å². The number of hydrogen-bond donors (Lipinski definition) is 2. The molecule has 1 aliphatic carbocycles. The minimum absolute atomic E-state index is 0.238. The van der Waals surface area contributed by atoms with Gasteiger partial charge in [0, 0.05) is 12.5 Å². The average Bonchev–Trinajstić information content (AvgIpc) is 2.33. The molecule has 0 aliphatic heterocycles. The van der Waals surface area contributed by atoms with Gasteiger partial charge in [0.1, 0.15) is 0 Å². The fourth-order valence-electron chi connectivity index (χ4n) is 3.49. The molecule has 0 heterocycles. The van der Waals surface area contributed by atoms with E-state index in [2.05, 4.69) is 26.1 Å². The maximum Gasteiger partial charge on any atom is 0.220 e. The van der Waals surface area contributed by atoms with Crippen LogP contribution in [0.15, 0.2) is 0 Å². The predicted molar refractivity (Wildman–Crippen MR) is 80.8 cm³/mol. The molecule has 0 aromatic rings. The fraction of sp³-hybridized carbons (Fsp3) is 0.938. The normalized spacial score (nSPS) is 28.9. The zero-order valence-corrected chi connectivity index (χ0v) is 13.0. The molecule has 1 fully saturated rings. The highest BCUT2D eigenvalue weighted by Crippen LogP contribution is 2.28. The van der Waals surface area contributed by atoms with Gasteiger partial charge in [-0.1, -0.05) is 27.2 Å². The number of nitrogens with one attached hydrogen (secondary N) is 1. The van der Waals surface area contributed by atoms with Crippen LogP contribution in [0, 0.1) is 17.8 Å². The van der Waals surface area contributed by atoms with Crippen molar-refractivity contribution in [3.05, 3.63) is 0 Å². The SMILES string of the molecule is CCC(CCN)CCC(=O)NC1CC(C)CC(C)C1. The zero-order valence-electron chi connectivity index (χ0n) is 13.0. The van der Waals surface area contributed by atoms with Gasteiger partial charge in [-0.15, -0.1) is 0 Å². The molecule has 3 atom stereocenters. The Morgan fingerprint density at radius 3 is 2.37 bits per heavy atom. The summed E-state index contributed by atoms with van der Waals surface area (Å²) in [5, 5.41) is 3.23. The topological polar surface area (TPSA) is 55.1 Å². The molecule has 3 nitrogen and oxygen atoms in total. The molecule has 112 valence electrons. The molecular formula is C16H32N2O. The molecule has 0 radical (unpaired) electrons. The van der Waals surface area contributed by atoms with Gasteiger partial charge in [0.25, 0.3) is 0 Å². The molecule has 0 bridgehead atoms. The third-order valence-electron chi connectivity index (χ3n) is 4.48. The standard InChI is InChI=1S/C16H32N2O/c1-4-14(7-8-17)5-6-16(19)18-15-10-12(2)9-13(3)11-15/h12-15H,4-11,17H2,1-3H3,(H,18,19). The van der Waals surface area contributed by atoms with E-state index in [4.69, 9.17) is 5.73 Å². The summed E-state index contributed by atoms with van der Waals surface area (Å²) < 4.78 is 0. The second-order valence-corrected chi connectivity index (χ2v) is 6.57. The Morgan fingerprint density at radius 1 is 1.21 bits per heavy atom. The highest BCUT2D eigenvalue weighted by atomic mass is 16.1. The molecule has 3 N–H and O–H groups in total. The smallest absolute Gasteiger partial charge is 0.220 e. The summed E-state index contributed by atoms with van der Waals surface area (Å²) in [7, 11) is 0. The van der Waals surface area contributed by atoms with E-state index in [9.17, 15) is 4.79 Å². The first-order valence-electron chi connectivity index (χ1n) is 8.04. The van der Waals surface area contributed by atoms with Gasteiger partial charge in [-0.2, -0.15) is 0 Å². The van der Waals surface area contributed by atoms with Gasteiger partial charge in [-0.05, 0) is 56.4 Å². The van der Waals surface area contributed by atoms with Crippen LogP contribution in [-0.4, -0.2) is 18.5 Å². The summed E-state index contributed by atoms with van der Waals surface area (Å²) in [6.07, 6.45) is 7.42. The molecule has 0 aromatic heterocycles. The number of rotatable bonds is 7. The van der Waals surface area contributed by atoms with Crippen LogP contribution in [0.4, 0.5) is 0 Å². The van der Waals surface area contributed by atoms with Crippen molar-refractivity contribution in [2.24, 2.45) is 23.5 Å². The van der Waals surface area contributed by atoms with E-state index >= 15 is 0 Å². The van der Waals surface area contributed by atoms with Crippen LogP contribution in [0.3, 0.4) is 0 Å². The van der Waals surface area contributed by atoms with Gasteiger partial charge in [0.2, 0.25) is 5.91 Å². The number of amides is 1. The Hall–Kier alpha value is -0.570. The van der Waals surface area contributed by atoms with Crippen molar-refractivity contribution in [3.8, 4) is 0 Å². The van der Waals surface area contributed by atoms with Crippen LogP contribution in [0.1, 0.15) is 65.7 Å². The molecule has 1 saturated carbocycles. The third kappa shape index (κ3) is 6.42. The van der Waals surface area contributed by atoms with Crippen molar-refractivity contribution in [2.75, 3.05) is 6.54 Å². The third-order valence-corrected chi connectivity index (χ3v) is 4.48. The van der Waals surface area contributed by atoms with Crippen LogP contribution in [0.2, 0.25) is 0 Å². The summed E-state index contributed by atoms with van der Waals surface area (Å²) >= 11 is 0. The maximum absolute atomic E-state index is 12.0. The van der Waals surface area contributed by atoms with Crippen molar-refractivity contribution < 1.29 is 4.79 Å². The lowest BCUT2D eigenvalue weighted by Gasteiger charge is -2.32. The van der Waals surface area contributed by atoms with Crippen molar-refractivity contribution in [1.82, 2.24) is 5.32 Å². The van der Waals surface area contributed by atoms with Gasteiger partial charge >= 0.3 is 0 Å². The Labute approximate surface area is 118 Å². The van der Waals surface area contributed by atoms with E-state index < -0.39 is 0 Å². The van der Waals surface area contributed by atoms with Crippen LogP contribution < -0.4 is 11.1 Å². The number of carbonyl (C=O) groups excluding carboxylic acids is 1. The Balaban J connectivity index is 2.26. The molecule has 0 spiro atoms. The molecular weight excluding hydrogens is 236 g/mol. The molecule has 3 heteroatoms. The lowest BCUT2D eigenvalue weighted by atomic mass is 9.80. The summed E-state index contributed by atoms with van der Waals surface area (Å²) in [6, 6.07) is 0.404. The molecule has 3 unspecified atom stereocenters. The van der Waals surface area contributed by atoms with E-state index in [0.29, 0.717) is 18.4 Å². The quantitative estimate of drug-likeness (QED) is 0.745. The zero-order chi connectivity index (χ0) is 14.3. The second-order valence-electron chi connectivity index (χ2n) is 6.57. The summed E-state index contributed by atoms with van der Waals surface area (Å²) in [6.45, 7) is 7.51. The lowest BCUT2D eigenvalue weighted by molar-refractivity contribution is -0.122. The van der Waals surface area contributed by atoms with Crippen molar-refractivity contribution in [2.45, 2.75) is 71.8 Å². The first-order valence-corrected chi connectivity index (χ1v) is 8.04. The molecule has 19 heavy (non-hydrogen) atoms. The summed E-state index contributed by atoms with van der Waals surface area (Å²) in [5.41, 5.74) is 5.59. The Morgan fingerprint density at radius 2 is 1.84 bits per heavy atom. The number of hydrogen-bond acceptors (Lipinski definition) is 2. The molecule has 1 amide bonds. The van der Waals surface area contributed by atoms with E-state index in [-0.39, 0.29) is 5.91 Å². The minimum Gasteiger partial charge on any atom is -0.353 e. The average molecular weight is 268 g/mol. The predicted octanol–water partition coefficient (Wildman–Crippen LogP) is 3.08. The van der Waals surface area contributed by atoms with Crippen molar-refractivity contribution in [1.29, 1.82) is 0 Å². The molecule has 1 rings (SSSR count). The van der Waals surface area contributed by atoms with Gasteiger partial charge in [0.05, 0.1) is 0 Å². The Bertz CT molecular complexity index is 257. The molecule has 0 aromatic carbocycles. The maximum atomic E-state index is 12.0. The van der Waals surface area contributed by atoms with E-state index in [1.165, 1.54) is 6.42 Å². The van der Waals surface area contributed by atoms with Crippen LogP contribution in [0.5, 0.6) is 0 Å². The van der Waals surface area contributed by atoms with Gasteiger partial charge in [-0.3, -0.25) is 4.79 Å². The second kappa shape index (κ2) is 8.57. The minimum atomic E-state index is 0.238. The summed E-state index contributed by atoms with van der Waals surface area (Å²) in [4.78, 5) is 12.0. The first kappa shape index (κ1) is 16.5. The van der Waals surface area contributed by atoms with Gasteiger partial charge in [0.15, 0.2) is 0 Å². The van der Waals surface area contributed by atoms with Crippen LogP contribution in [-0.2, 0) is 4.79 Å². The largest absolute Gasteiger partial charge is 0.353 e. The number of nitrogens with two attached hydrogens (primary N) is 1. The first-order chi connectivity index (χ1) is 9.05. The van der Waals surface area contributed by atoms with E-state index in [1.807, 2.05) is 0 Å². The van der Waals surface area contributed by atoms with Gasteiger partial charge in [-0.25, -0.2) is 0 Å². The van der Waals surface area contributed by atoms with Crippen molar-refractivity contribution in [3.63, 3.8) is 0 Å². The fourth-order valence-corrected chi connectivity index (χ4v) is 3.49. The van der Waals surface area contributed by atoms with Crippen LogP contribution >= 0.6 is 0 Å². The number of carbonyl (C=O) groups is 1. The lowest BCUT2D eigenvalue weighted by Crippen LogP contribution is -2.40. The monoisotopic (exact) mass is 268 g/mol. The van der Waals surface area contributed by atoms with E-state index in [0.717, 1.165) is 50.5 Å². The molecule has 0 saturated heterocycles. The summed E-state index contributed by atoms with van der Waals surface area (Å²) in [5.74, 6) is 2.34. The molecule has 1 aliphatic rings. The highest BCUT2D eigenvalue weighted by molar-refractivity contribution is 5.76. The highest BCUT2D eigenvalue weighted by Gasteiger charge is 2.24. The van der Waals surface area contributed by atoms with E-state index in [1.54, 1.807) is 0 Å². The van der Waals surface area contributed by atoms with Gasteiger partial charge < -0.3 is 11.1 Å². The van der Waals surface area contributed by atoms with Crippen LogP contribution in [0.25, 0.3) is 0 Å². The Kier molecular flexibility index (Phi) is 7.44.